The lowest BCUT2D eigenvalue weighted by atomic mass is 9.62. The van der Waals surface area contributed by atoms with Gasteiger partial charge in [-0.3, -0.25) is 0 Å². The molecule has 9 aromatic carbocycles. The van der Waals surface area contributed by atoms with Crippen LogP contribution in [-0.4, -0.2) is 0 Å². The second kappa shape index (κ2) is 15.5. The molecule has 3 aliphatic rings. The number of benzene rings is 9. The molecular formula is C64H49N. The summed E-state index contributed by atoms with van der Waals surface area (Å²) in [6.45, 7) is 4.32. The fourth-order valence-electron chi connectivity index (χ4n) is 12.1. The predicted octanol–water partition coefficient (Wildman–Crippen LogP) is 16.7. The van der Waals surface area contributed by atoms with Gasteiger partial charge in [0.05, 0.1) is 16.5 Å². The van der Waals surface area contributed by atoms with Gasteiger partial charge in [-0.15, -0.1) is 0 Å². The van der Waals surface area contributed by atoms with Gasteiger partial charge in [0.2, 0.25) is 0 Å². The van der Waals surface area contributed by atoms with Gasteiger partial charge in [0, 0.05) is 16.8 Å². The van der Waals surface area contributed by atoms with Crippen LogP contribution in [-0.2, 0) is 10.8 Å². The lowest BCUT2D eigenvalue weighted by molar-refractivity contribution is 0.457. The Labute approximate surface area is 382 Å². The first-order valence-electron chi connectivity index (χ1n) is 23.1. The molecule has 0 amide bonds. The maximum Gasteiger partial charge on any atom is 0.0711 e. The van der Waals surface area contributed by atoms with E-state index >= 15 is 0 Å². The van der Waals surface area contributed by atoms with E-state index in [1.165, 1.54) is 82.8 Å². The van der Waals surface area contributed by atoms with Crippen LogP contribution in [0.4, 0.5) is 17.1 Å². The van der Waals surface area contributed by atoms with Crippen molar-refractivity contribution in [2.75, 3.05) is 4.90 Å². The minimum Gasteiger partial charge on any atom is -0.310 e. The first-order chi connectivity index (χ1) is 32.2. The maximum atomic E-state index is 2.56. The van der Waals surface area contributed by atoms with Crippen LogP contribution in [0.2, 0.25) is 0 Å². The van der Waals surface area contributed by atoms with E-state index in [9.17, 15) is 0 Å². The molecule has 9 aromatic rings. The largest absolute Gasteiger partial charge is 0.310 e. The molecule has 0 N–H and O–H groups in total. The maximum absolute atomic E-state index is 2.56. The average molecular weight is 832 g/mol. The summed E-state index contributed by atoms with van der Waals surface area (Å²) in [4.78, 5) is 2.56. The molecule has 0 aliphatic heterocycles. The van der Waals surface area contributed by atoms with Crippen molar-refractivity contribution >= 4 is 38.6 Å². The van der Waals surface area contributed by atoms with Gasteiger partial charge < -0.3 is 4.90 Å². The van der Waals surface area contributed by atoms with E-state index in [0.29, 0.717) is 0 Å². The summed E-state index contributed by atoms with van der Waals surface area (Å²) in [5, 5.41) is 4.93. The molecule has 0 spiro atoms. The van der Waals surface area contributed by atoms with Crippen molar-refractivity contribution in [1.29, 1.82) is 0 Å². The lowest BCUT2D eigenvalue weighted by Gasteiger charge is -2.40. The van der Waals surface area contributed by atoms with Gasteiger partial charge in [0.15, 0.2) is 0 Å². The van der Waals surface area contributed by atoms with E-state index in [1.54, 1.807) is 0 Å². The Morgan fingerprint density at radius 3 is 1.83 bits per heavy atom. The standard InChI is InChI=1S/C64H49N/c1-3-21-46(4-2)63(47-24-8-5-9-25-47)57-33-18-16-31-53(57)55-40-38-50(42-59(55)63)65(61-35-20-23-45-37-36-44-22-14-15-30-52(44)62(45)61)51-39-41-56-54-32-17-19-34-58(54)64(60(56)43-51,48-26-10-6-11-27-48)49-28-12-7-13-29-49/h3-28,30-43,49H,29H2,1-2H3/b21-3-,46-4+. The molecule has 310 valence electrons. The number of hydrogen-bond acceptors (Lipinski definition) is 1. The normalized spacial score (nSPS) is 19.4. The Morgan fingerprint density at radius 1 is 0.508 bits per heavy atom. The molecule has 1 heteroatoms. The van der Waals surface area contributed by atoms with Crippen LogP contribution in [0, 0.1) is 5.92 Å². The molecule has 65 heavy (non-hydrogen) atoms. The third kappa shape index (κ3) is 5.65. The minimum absolute atomic E-state index is 0.221. The van der Waals surface area contributed by atoms with Gasteiger partial charge in [-0.25, -0.2) is 0 Å². The highest BCUT2D eigenvalue weighted by Gasteiger charge is 2.50. The first kappa shape index (κ1) is 38.9. The molecule has 3 aliphatic carbocycles. The number of anilines is 3. The Balaban J connectivity index is 1.18. The molecule has 3 unspecified atom stereocenters. The minimum atomic E-state index is -0.537. The molecule has 0 bridgehead atoms. The Morgan fingerprint density at radius 2 is 1.11 bits per heavy atom. The number of hydrogen-bond donors (Lipinski definition) is 0. The zero-order chi connectivity index (χ0) is 43.5. The number of nitrogens with zero attached hydrogens (tertiary/aromatic N) is 1. The monoisotopic (exact) mass is 831 g/mol. The highest BCUT2D eigenvalue weighted by atomic mass is 15.1. The Bertz CT molecular complexity index is 3440. The van der Waals surface area contributed by atoms with Crippen molar-refractivity contribution in [2.24, 2.45) is 5.92 Å². The fraction of sp³-hybridized carbons (Fsp3) is 0.0938. The summed E-state index contributed by atoms with van der Waals surface area (Å²) >= 11 is 0. The van der Waals surface area contributed by atoms with Crippen molar-refractivity contribution in [2.45, 2.75) is 31.1 Å². The molecule has 0 fully saturated rings. The van der Waals surface area contributed by atoms with E-state index in [1.807, 2.05) is 0 Å². The number of fused-ring (bicyclic) bond motifs is 9. The molecule has 1 nitrogen and oxygen atoms in total. The van der Waals surface area contributed by atoms with Crippen molar-refractivity contribution in [1.82, 2.24) is 0 Å². The van der Waals surface area contributed by atoms with Crippen LogP contribution in [0.3, 0.4) is 0 Å². The second-order valence-electron chi connectivity index (χ2n) is 17.7. The average Bonchev–Trinajstić information content (AvgIpc) is 3.84. The fourth-order valence-corrected chi connectivity index (χ4v) is 12.1. The van der Waals surface area contributed by atoms with Crippen LogP contribution >= 0.6 is 0 Å². The molecule has 0 saturated heterocycles. The highest BCUT2D eigenvalue weighted by molar-refractivity contribution is 6.15. The van der Waals surface area contributed by atoms with Gasteiger partial charge in [0.1, 0.15) is 0 Å². The smallest absolute Gasteiger partial charge is 0.0711 e. The predicted molar refractivity (Wildman–Crippen MR) is 275 cm³/mol. The topological polar surface area (TPSA) is 3.24 Å². The summed E-state index contributed by atoms with van der Waals surface area (Å²) in [7, 11) is 0. The van der Waals surface area contributed by atoms with Gasteiger partial charge in [-0.05, 0) is 134 Å². The van der Waals surface area contributed by atoms with E-state index in [2.05, 4.69) is 261 Å². The van der Waals surface area contributed by atoms with Gasteiger partial charge >= 0.3 is 0 Å². The van der Waals surface area contributed by atoms with Crippen LogP contribution in [0.1, 0.15) is 53.6 Å². The summed E-state index contributed by atoms with van der Waals surface area (Å²) in [6.07, 6.45) is 17.0. The van der Waals surface area contributed by atoms with E-state index in [4.69, 9.17) is 0 Å². The molecule has 0 aromatic heterocycles. The van der Waals surface area contributed by atoms with E-state index in [0.717, 1.165) is 23.5 Å². The van der Waals surface area contributed by atoms with Crippen molar-refractivity contribution in [3.8, 4) is 22.3 Å². The third-order valence-electron chi connectivity index (χ3n) is 14.7. The molecule has 0 saturated carbocycles. The molecule has 0 radical (unpaired) electrons. The van der Waals surface area contributed by atoms with Crippen molar-refractivity contribution in [3.63, 3.8) is 0 Å². The number of allylic oxidation sites excluding steroid dienone is 8. The summed E-state index contributed by atoms with van der Waals surface area (Å²) < 4.78 is 0. The van der Waals surface area contributed by atoms with Crippen LogP contribution in [0.15, 0.2) is 248 Å². The van der Waals surface area contributed by atoms with Crippen molar-refractivity contribution < 1.29 is 0 Å². The van der Waals surface area contributed by atoms with Gasteiger partial charge in [0.25, 0.3) is 0 Å². The Hall–Kier alpha value is -7.74. The number of rotatable bonds is 8. The van der Waals surface area contributed by atoms with Crippen LogP contribution in [0.25, 0.3) is 43.8 Å². The summed E-state index contributed by atoms with van der Waals surface area (Å²) in [5.41, 5.74) is 16.8. The lowest BCUT2D eigenvalue weighted by Crippen LogP contribution is -2.35. The quantitative estimate of drug-likeness (QED) is 0.109. The highest BCUT2D eigenvalue weighted by Crippen LogP contribution is 2.61. The zero-order valence-electron chi connectivity index (χ0n) is 36.8. The second-order valence-corrected chi connectivity index (χ2v) is 17.7. The van der Waals surface area contributed by atoms with Crippen molar-refractivity contribution in [3.05, 3.63) is 282 Å². The van der Waals surface area contributed by atoms with Gasteiger partial charge in [-0.2, -0.15) is 0 Å². The summed E-state index contributed by atoms with van der Waals surface area (Å²) in [5.74, 6) is 0.221. The Kier molecular flexibility index (Phi) is 9.28. The van der Waals surface area contributed by atoms with E-state index < -0.39 is 10.8 Å². The summed E-state index contributed by atoms with van der Waals surface area (Å²) in [6, 6.07) is 75.5. The van der Waals surface area contributed by atoms with Crippen LogP contribution < -0.4 is 4.90 Å². The van der Waals surface area contributed by atoms with E-state index in [-0.39, 0.29) is 5.92 Å². The third-order valence-corrected chi connectivity index (χ3v) is 14.7. The molecular weight excluding hydrogens is 783 g/mol. The first-order valence-corrected chi connectivity index (χ1v) is 23.1. The molecule has 3 atom stereocenters. The zero-order valence-corrected chi connectivity index (χ0v) is 36.8. The van der Waals surface area contributed by atoms with Crippen LogP contribution in [0.5, 0.6) is 0 Å². The SMILES string of the molecule is C/C=C\C(=C/C)C1(c2ccccc2)c2ccccc2-c2ccc(N(c3ccc4c(c3)C(c3ccccc3)(C3C=CC=CC3)c3ccccc3-4)c3cccc4ccc5ccccc5c34)cc21. The molecule has 12 rings (SSSR count). The molecule has 0 heterocycles. The van der Waals surface area contributed by atoms with Gasteiger partial charge in [-0.1, -0.05) is 212 Å².